The van der Waals surface area contributed by atoms with Gasteiger partial charge in [-0.3, -0.25) is 0 Å². The van der Waals surface area contributed by atoms with E-state index < -0.39 is 0 Å². The first-order valence-corrected chi connectivity index (χ1v) is 5.66. The van der Waals surface area contributed by atoms with Crippen molar-refractivity contribution in [3.05, 3.63) is 27.2 Å². The maximum Gasteiger partial charge on any atom is 0.139 e. The number of phenols is 1. The van der Waals surface area contributed by atoms with E-state index in [1.165, 1.54) is 0 Å². The minimum atomic E-state index is -0.157. The van der Waals surface area contributed by atoms with E-state index in [2.05, 4.69) is 22.9 Å². The number of nitrogens with two attached hydrogens (primary N) is 1. The van der Waals surface area contributed by atoms with Crippen LogP contribution in [0.4, 0.5) is 0 Å². The van der Waals surface area contributed by atoms with Crippen LogP contribution in [0, 0.1) is 0 Å². The highest BCUT2D eigenvalue weighted by atomic mass is 79.9. The normalized spacial score (nSPS) is 12.0. The van der Waals surface area contributed by atoms with Gasteiger partial charge >= 0.3 is 0 Å². The molecule has 0 bridgehead atoms. The highest BCUT2D eigenvalue weighted by molar-refractivity contribution is 9.10. The molecule has 1 aromatic carbocycles. The summed E-state index contributed by atoms with van der Waals surface area (Å²) in [6, 6.07) is 3.30. The van der Waals surface area contributed by atoms with E-state index in [0.717, 1.165) is 17.3 Å². The molecule has 5 heteroatoms. The highest BCUT2D eigenvalue weighted by Crippen LogP contribution is 2.35. The predicted octanol–water partition coefficient (Wildman–Crippen LogP) is 4.03. The van der Waals surface area contributed by atoms with Gasteiger partial charge in [0.05, 0.1) is 5.02 Å². The van der Waals surface area contributed by atoms with E-state index >= 15 is 0 Å². The van der Waals surface area contributed by atoms with Gasteiger partial charge in [0.15, 0.2) is 0 Å². The Bertz CT molecular complexity index is 333. The van der Waals surface area contributed by atoms with Gasteiger partial charge in [-0.25, -0.2) is 0 Å². The zero-order valence-corrected chi connectivity index (χ0v) is 11.5. The Hall–Kier alpha value is 0.0400. The highest BCUT2D eigenvalue weighted by Gasteiger charge is 2.13. The van der Waals surface area contributed by atoms with Gasteiger partial charge in [0.1, 0.15) is 5.75 Å². The van der Waals surface area contributed by atoms with Crippen molar-refractivity contribution in [2.75, 3.05) is 0 Å². The summed E-state index contributed by atoms with van der Waals surface area (Å²) in [7, 11) is 0. The summed E-state index contributed by atoms with van der Waals surface area (Å²) < 4.78 is 0.835. The fourth-order valence-electron chi connectivity index (χ4n) is 1.34. The minimum Gasteiger partial charge on any atom is -0.506 e. The van der Waals surface area contributed by atoms with Gasteiger partial charge in [0.2, 0.25) is 0 Å². The molecule has 86 valence electrons. The molecule has 2 nitrogen and oxygen atoms in total. The van der Waals surface area contributed by atoms with Crippen molar-refractivity contribution >= 4 is 39.9 Å². The van der Waals surface area contributed by atoms with Gasteiger partial charge in [-0.2, -0.15) is 0 Å². The summed E-state index contributed by atoms with van der Waals surface area (Å²) in [4.78, 5) is 0. The molecule has 0 unspecified atom stereocenters. The Balaban J connectivity index is 0.00000196. The van der Waals surface area contributed by atoms with Crippen LogP contribution < -0.4 is 5.73 Å². The molecule has 1 aromatic rings. The number of rotatable bonds is 3. The smallest absolute Gasteiger partial charge is 0.139 e. The zero-order chi connectivity index (χ0) is 10.7. The Morgan fingerprint density at radius 2 is 2.13 bits per heavy atom. The number of hydrogen-bond donors (Lipinski definition) is 2. The number of halogens is 3. The third-order valence-electron chi connectivity index (χ3n) is 2.06. The molecule has 0 aromatic heterocycles. The molecule has 1 atom stereocenters. The van der Waals surface area contributed by atoms with Crippen molar-refractivity contribution in [2.45, 2.75) is 25.8 Å². The third kappa shape index (κ3) is 3.83. The van der Waals surface area contributed by atoms with Crippen LogP contribution in [0.25, 0.3) is 0 Å². The van der Waals surface area contributed by atoms with Crippen LogP contribution in [0.1, 0.15) is 31.4 Å². The van der Waals surface area contributed by atoms with Crippen molar-refractivity contribution in [3.8, 4) is 5.75 Å². The van der Waals surface area contributed by atoms with E-state index in [9.17, 15) is 5.11 Å². The molecule has 0 aliphatic heterocycles. The van der Waals surface area contributed by atoms with Crippen molar-refractivity contribution < 1.29 is 5.11 Å². The van der Waals surface area contributed by atoms with E-state index in [-0.39, 0.29) is 24.2 Å². The number of phenolic OH excluding ortho intramolecular Hbond substituents is 1. The third-order valence-corrected chi connectivity index (χ3v) is 2.80. The monoisotopic (exact) mass is 313 g/mol. The van der Waals surface area contributed by atoms with Gasteiger partial charge < -0.3 is 10.8 Å². The van der Waals surface area contributed by atoms with Crippen LogP contribution in [0.3, 0.4) is 0 Å². The second-order valence-corrected chi connectivity index (χ2v) is 4.54. The van der Waals surface area contributed by atoms with Crippen molar-refractivity contribution in [2.24, 2.45) is 5.73 Å². The fourth-order valence-corrected chi connectivity index (χ4v) is 2.17. The molecule has 0 radical (unpaired) electrons. The van der Waals surface area contributed by atoms with Crippen LogP contribution in [-0.4, -0.2) is 5.11 Å². The summed E-state index contributed by atoms with van der Waals surface area (Å²) in [5.74, 6) is 0.0933. The van der Waals surface area contributed by atoms with Gasteiger partial charge in [0, 0.05) is 16.1 Å². The Labute approximate surface area is 109 Å². The molecule has 0 saturated carbocycles. The second-order valence-electron chi connectivity index (χ2n) is 3.22. The summed E-state index contributed by atoms with van der Waals surface area (Å²) in [6.45, 7) is 2.05. The zero-order valence-electron chi connectivity index (χ0n) is 8.34. The van der Waals surface area contributed by atoms with Gasteiger partial charge in [-0.05, 0) is 18.6 Å². The summed E-state index contributed by atoms with van der Waals surface area (Å²) in [6.07, 6.45) is 1.81. The van der Waals surface area contributed by atoms with Gasteiger partial charge in [0.25, 0.3) is 0 Å². The first-order valence-electron chi connectivity index (χ1n) is 4.49. The Kier molecular flexibility index (Phi) is 6.60. The summed E-state index contributed by atoms with van der Waals surface area (Å²) in [5, 5.41) is 10.0. The molecular weight excluding hydrogens is 301 g/mol. The predicted molar refractivity (Wildman–Crippen MR) is 69.9 cm³/mol. The lowest BCUT2D eigenvalue weighted by Crippen LogP contribution is -2.10. The molecule has 0 aliphatic rings. The van der Waals surface area contributed by atoms with Gasteiger partial charge in [-0.1, -0.05) is 40.9 Å². The molecule has 3 N–H and O–H groups in total. The molecule has 0 amide bonds. The molecular formula is C10H14BrCl2NO. The molecule has 0 heterocycles. The molecule has 0 saturated heterocycles. The van der Waals surface area contributed by atoms with Crippen LogP contribution in [0.5, 0.6) is 5.75 Å². The molecule has 15 heavy (non-hydrogen) atoms. The lowest BCUT2D eigenvalue weighted by Gasteiger charge is -2.13. The Morgan fingerprint density at radius 3 is 2.67 bits per heavy atom. The van der Waals surface area contributed by atoms with Crippen molar-refractivity contribution in [1.29, 1.82) is 0 Å². The van der Waals surface area contributed by atoms with E-state index in [1.807, 2.05) is 6.07 Å². The fraction of sp³-hybridized carbons (Fsp3) is 0.400. The Morgan fingerprint density at radius 1 is 1.53 bits per heavy atom. The summed E-state index contributed by atoms with van der Waals surface area (Å²) >= 11 is 9.14. The number of hydrogen-bond acceptors (Lipinski definition) is 2. The first-order chi connectivity index (χ1) is 6.56. The minimum absolute atomic E-state index is 0. The molecule has 0 fully saturated rings. The van der Waals surface area contributed by atoms with Crippen molar-refractivity contribution in [3.63, 3.8) is 0 Å². The standard InChI is InChI=1S/C10H13BrClNO.ClH/c1-2-3-9(13)7-4-6(11)5-8(12)10(7)14;/h4-5,9,14H,2-3,13H2,1H3;1H/t9-;/m1./s1. The maximum absolute atomic E-state index is 9.69. The lowest BCUT2D eigenvalue weighted by atomic mass is 10.0. The largest absolute Gasteiger partial charge is 0.506 e. The average Bonchev–Trinajstić information content (AvgIpc) is 2.11. The maximum atomic E-state index is 9.69. The topological polar surface area (TPSA) is 46.2 Å². The van der Waals surface area contributed by atoms with Crippen molar-refractivity contribution in [1.82, 2.24) is 0 Å². The molecule has 0 spiro atoms. The average molecular weight is 315 g/mol. The number of benzene rings is 1. The van der Waals surface area contributed by atoms with Crippen LogP contribution >= 0.6 is 39.9 Å². The van der Waals surface area contributed by atoms with E-state index in [1.54, 1.807) is 6.07 Å². The quantitative estimate of drug-likeness (QED) is 0.884. The summed E-state index contributed by atoms with van der Waals surface area (Å²) in [5.41, 5.74) is 6.60. The molecule has 0 aliphatic carbocycles. The SMILES string of the molecule is CCC[C@@H](N)c1cc(Br)cc(Cl)c1O.Cl. The van der Waals surface area contributed by atoms with Crippen LogP contribution in [0.2, 0.25) is 5.02 Å². The van der Waals surface area contributed by atoms with Gasteiger partial charge in [-0.15, -0.1) is 12.4 Å². The van der Waals surface area contributed by atoms with Crippen LogP contribution in [-0.2, 0) is 0 Å². The number of aromatic hydroxyl groups is 1. The van der Waals surface area contributed by atoms with Crippen LogP contribution in [0.15, 0.2) is 16.6 Å². The van der Waals surface area contributed by atoms with E-state index in [0.29, 0.717) is 10.6 Å². The molecule has 1 rings (SSSR count). The lowest BCUT2D eigenvalue weighted by molar-refractivity contribution is 0.458. The van der Waals surface area contributed by atoms with E-state index in [4.69, 9.17) is 17.3 Å². The first kappa shape index (κ1) is 15.0. The second kappa shape index (κ2) is 6.59.